The fraction of sp³-hybridized carbons (Fsp3) is 0.500. The summed E-state index contributed by atoms with van der Waals surface area (Å²) in [5.41, 5.74) is 2.96. The molecule has 4 rings (SSSR count). The molecule has 2 unspecified atom stereocenters. The summed E-state index contributed by atoms with van der Waals surface area (Å²) < 4.78 is 5.55. The van der Waals surface area contributed by atoms with Crippen molar-refractivity contribution in [3.05, 3.63) is 60.2 Å². The average Bonchev–Trinajstić information content (AvgIpc) is 2.74. The van der Waals surface area contributed by atoms with Gasteiger partial charge in [-0.25, -0.2) is 0 Å². The summed E-state index contributed by atoms with van der Waals surface area (Å²) in [5, 5.41) is 0. The quantitative estimate of drug-likeness (QED) is 0.604. The molecule has 1 saturated heterocycles. The van der Waals surface area contributed by atoms with Gasteiger partial charge >= 0.3 is 0 Å². The van der Waals surface area contributed by atoms with E-state index in [1.165, 1.54) is 36.9 Å². The predicted molar refractivity (Wildman–Crippen MR) is 127 cm³/mol. The molecule has 2 aromatic carbocycles. The van der Waals surface area contributed by atoms with Gasteiger partial charge in [0.15, 0.2) is 0 Å². The van der Waals surface area contributed by atoms with Gasteiger partial charge in [-0.2, -0.15) is 0 Å². The van der Waals surface area contributed by atoms with Crippen molar-refractivity contribution in [2.75, 3.05) is 38.2 Å². The summed E-state index contributed by atoms with van der Waals surface area (Å²) in [6, 6.07) is 19.7. The average molecular weight is 437 g/mol. The molecule has 2 atom stereocenters. The van der Waals surface area contributed by atoms with Crippen molar-refractivity contribution < 1.29 is 4.74 Å². The maximum Gasteiger partial charge on any atom is 0.119 e. The van der Waals surface area contributed by atoms with Crippen molar-refractivity contribution in [2.24, 2.45) is 5.92 Å². The lowest BCUT2D eigenvalue weighted by atomic mass is 9.71. The van der Waals surface area contributed by atoms with E-state index < -0.39 is 0 Å². The molecule has 0 bridgehead atoms. The van der Waals surface area contributed by atoms with Gasteiger partial charge in [0.05, 0.1) is 7.11 Å². The minimum Gasteiger partial charge on any atom is -0.497 e. The smallest absolute Gasteiger partial charge is 0.119 e. The number of nitrogens with zero attached hydrogens (tertiary/aromatic N) is 2. The number of rotatable bonds is 4. The summed E-state index contributed by atoms with van der Waals surface area (Å²) in [6.07, 6.45) is 5.19. The number of benzene rings is 2. The third-order valence-electron chi connectivity index (χ3n) is 6.59. The number of hydrogen-bond acceptors (Lipinski definition) is 3. The summed E-state index contributed by atoms with van der Waals surface area (Å²) >= 11 is 0. The minimum atomic E-state index is 0. The van der Waals surface area contributed by atoms with Crippen molar-refractivity contribution in [1.82, 2.24) is 4.90 Å². The molecule has 2 aliphatic rings. The maximum atomic E-state index is 5.55. The van der Waals surface area contributed by atoms with Crippen molar-refractivity contribution >= 4 is 30.5 Å². The number of piperazine rings is 1. The van der Waals surface area contributed by atoms with Gasteiger partial charge in [-0.3, -0.25) is 4.90 Å². The largest absolute Gasteiger partial charge is 0.497 e. The molecule has 5 heteroatoms. The Kier molecular flexibility index (Phi) is 8.69. The first-order valence-corrected chi connectivity index (χ1v) is 10.4. The van der Waals surface area contributed by atoms with Crippen LogP contribution in [0.4, 0.5) is 5.69 Å². The van der Waals surface area contributed by atoms with Gasteiger partial charge in [0.1, 0.15) is 5.75 Å². The highest BCUT2D eigenvalue weighted by Gasteiger charge is 2.42. The van der Waals surface area contributed by atoms with Gasteiger partial charge in [0, 0.05) is 37.4 Å². The summed E-state index contributed by atoms with van der Waals surface area (Å²) in [6.45, 7) is 6.88. The Bertz CT molecular complexity index is 750. The topological polar surface area (TPSA) is 15.7 Å². The molecule has 2 fully saturated rings. The van der Waals surface area contributed by atoms with Gasteiger partial charge in [-0.1, -0.05) is 50.1 Å². The van der Waals surface area contributed by atoms with Gasteiger partial charge in [-0.15, -0.1) is 24.8 Å². The molecule has 0 spiro atoms. The number of para-hydroxylation sites is 1. The Balaban J connectivity index is 0.00000150. The maximum absolute atomic E-state index is 5.55. The van der Waals surface area contributed by atoms with Gasteiger partial charge in [0.2, 0.25) is 0 Å². The number of anilines is 1. The first-order chi connectivity index (χ1) is 13.2. The fourth-order valence-electron chi connectivity index (χ4n) is 5.20. The zero-order chi connectivity index (χ0) is 18.7. The molecule has 29 heavy (non-hydrogen) atoms. The van der Waals surface area contributed by atoms with Crippen molar-refractivity contribution in [3.8, 4) is 5.75 Å². The number of halogens is 2. The third kappa shape index (κ3) is 5.02. The molecule has 0 N–H and O–H groups in total. The zero-order valence-electron chi connectivity index (χ0n) is 17.5. The van der Waals surface area contributed by atoms with Crippen LogP contribution in [0.25, 0.3) is 0 Å². The normalized spacial score (nSPS) is 24.9. The van der Waals surface area contributed by atoms with Crippen molar-refractivity contribution in [2.45, 2.75) is 38.1 Å². The van der Waals surface area contributed by atoms with Crippen LogP contribution in [-0.2, 0) is 5.54 Å². The highest BCUT2D eigenvalue weighted by atomic mass is 35.5. The highest BCUT2D eigenvalue weighted by molar-refractivity contribution is 5.85. The van der Waals surface area contributed by atoms with Crippen LogP contribution in [0.15, 0.2) is 54.6 Å². The van der Waals surface area contributed by atoms with Crippen molar-refractivity contribution in [1.29, 1.82) is 0 Å². The molecule has 0 amide bonds. The van der Waals surface area contributed by atoms with E-state index >= 15 is 0 Å². The molecule has 0 radical (unpaired) electrons. The predicted octanol–water partition coefficient (Wildman–Crippen LogP) is 5.77. The lowest BCUT2D eigenvalue weighted by Crippen LogP contribution is -2.57. The van der Waals surface area contributed by atoms with E-state index in [0.29, 0.717) is 0 Å². The van der Waals surface area contributed by atoms with E-state index in [2.05, 4.69) is 71.3 Å². The van der Waals surface area contributed by atoms with Crippen LogP contribution in [0.5, 0.6) is 5.75 Å². The van der Waals surface area contributed by atoms with Gasteiger partial charge in [-0.05, 0) is 48.6 Å². The van der Waals surface area contributed by atoms with E-state index in [9.17, 15) is 0 Å². The SMILES string of the molecule is COc1cccc(C2(N3CCN(c4ccccc4)CC3)CCCC(C)C2)c1.Cl.Cl. The monoisotopic (exact) mass is 436 g/mol. The summed E-state index contributed by atoms with van der Waals surface area (Å²) in [4.78, 5) is 5.30. The third-order valence-corrected chi connectivity index (χ3v) is 6.59. The molecule has 2 aromatic rings. The van der Waals surface area contributed by atoms with Gasteiger partial charge < -0.3 is 9.64 Å². The molecule has 1 aliphatic carbocycles. The minimum absolute atomic E-state index is 0. The van der Waals surface area contributed by atoms with Crippen LogP contribution in [-0.4, -0.2) is 38.2 Å². The van der Waals surface area contributed by atoms with Crippen LogP contribution in [0.3, 0.4) is 0 Å². The Morgan fingerprint density at radius 2 is 1.66 bits per heavy atom. The molecule has 1 aliphatic heterocycles. The van der Waals surface area contributed by atoms with Gasteiger partial charge in [0.25, 0.3) is 0 Å². The molecule has 3 nitrogen and oxygen atoms in total. The number of ether oxygens (including phenoxy) is 1. The molecule has 1 heterocycles. The second-order valence-corrected chi connectivity index (χ2v) is 8.27. The second-order valence-electron chi connectivity index (χ2n) is 8.27. The molecular weight excluding hydrogens is 403 g/mol. The molecule has 1 saturated carbocycles. The second kappa shape index (κ2) is 10.6. The Labute approximate surface area is 188 Å². The van der Waals surface area contributed by atoms with E-state index in [4.69, 9.17) is 4.74 Å². The van der Waals surface area contributed by atoms with E-state index in [0.717, 1.165) is 37.8 Å². The van der Waals surface area contributed by atoms with Crippen LogP contribution >= 0.6 is 24.8 Å². The number of hydrogen-bond donors (Lipinski definition) is 0. The van der Waals surface area contributed by atoms with Crippen LogP contribution < -0.4 is 9.64 Å². The fourth-order valence-corrected chi connectivity index (χ4v) is 5.20. The zero-order valence-corrected chi connectivity index (χ0v) is 19.2. The number of methoxy groups -OCH3 is 1. The Morgan fingerprint density at radius 3 is 2.31 bits per heavy atom. The van der Waals surface area contributed by atoms with Crippen molar-refractivity contribution in [3.63, 3.8) is 0 Å². The lowest BCUT2D eigenvalue weighted by molar-refractivity contribution is 0.0241. The van der Waals surface area contributed by atoms with Crippen LogP contribution in [0.2, 0.25) is 0 Å². The standard InChI is InChI=1S/C24H32N2O.2ClH/c1-20-8-7-13-24(19-20,21-9-6-12-23(18-21)27-2)26-16-14-25(15-17-26)22-10-4-3-5-11-22;;/h3-6,9-12,18,20H,7-8,13-17,19H2,1-2H3;2*1H. The van der Waals surface area contributed by atoms with E-state index in [-0.39, 0.29) is 30.4 Å². The summed E-state index contributed by atoms with van der Waals surface area (Å²) in [7, 11) is 1.77. The van der Waals surface area contributed by atoms with E-state index in [1.54, 1.807) is 7.11 Å². The first kappa shape index (κ1) is 23.9. The first-order valence-electron chi connectivity index (χ1n) is 10.4. The van der Waals surface area contributed by atoms with Crippen LogP contribution in [0.1, 0.15) is 38.2 Å². The molecular formula is C24H34Cl2N2O. The molecule has 160 valence electrons. The lowest BCUT2D eigenvalue weighted by Gasteiger charge is -2.52. The Hall–Kier alpha value is -1.42. The highest BCUT2D eigenvalue weighted by Crippen LogP contribution is 2.45. The van der Waals surface area contributed by atoms with E-state index in [1.807, 2.05) is 0 Å². The molecule has 0 aromatic heterocycles. The Morgan fingerprint density at radius 1 is 0.931 bits per heavy atom. The summed E-state index contributed by atoms with van der Waals surface area (Å²) in [5.74, 6) is 1.75. The van der Waals surface area contributed by atoms with Crippen LogP contribution in [0, 0.1) is 5.92 Å².